The van der Waals surface area contributed by atoms with Crippen LogP contribution in [0.5, 0.6) is 0 Å². The number of hydrogen-bond donors (Lipinski definition) is 1. The Hall–Kier alpha value is -3.12. The highest BCUT2D eigenvalue weighted by Crippen LogP contribution is 2.22. The number of carbonyl (C=O) groups excluding carboxylic acids is 1. The maximum atomic E-state index is 12.8. The SMILES string of the molecule is Cc1cccc(CCCNC(=O)c2cccc(N(C)S(=O)(=O)c3ccccc3)c2)c1. The average Bonchev–Trinajstić information content (AvgIpc) is 2.77. The fourth-order valence-corrected chi connectivity index (χ4v) is 4.40. The number of hydrogen-bond acceptors (Lipinski definition) is 3. The molecule has 3 aromatic carbocycles. The Labute approximate surface area is 178 Å². The van der Waals surface area contributed by atoms with Gasteiger partial charge in [-0.05, 0) is 55.7 Å². The molecule has 5 nitrogen and oxygen atoms in total. The third kappa shape index (κ3) is 5.27. The highest BCUT2D eigenvalue weighted by molar-refractivity contribution is 7.92. The van der Waals surface area contributed by atoms with E-state index in [9.17, 15) is 13.2 Å². The van der Waals surface area contributed by atoms with Gasteiger partial charge in [0.05, 0.1) is 10.6 Å². The highest BCUT2D eigenvalue weighted by atomic mass is 32.2. The fraction of sp³-hybridized carbons (Fsp3) is 0.208. The van der Waals surface area contributed by atoms with Crippen LogP contribution < -0.4 is 9.62 Å². The normalized spacial score (nSPS) is 11.1. The number of aryl methyl sites for hydroxylation is 2. The summed E-state index contributed by atoms with van der Waals surface area (Å²) in [6, 6.07) is 23.2. The smallest absolute Gasteiger partial charge is 0.264 e. The molecule has 0 unspecified atom stereocenters. The van der Waals surface area contributed by atoms with Gasteiger partial charge in [-0.15, -0.1) is 0 Å². The fourth-order valence-electron chi connectivity index (χ4n) is 3.20. The minimum atomic E-state index is -3.69. The van der Waals surface area contributed by atoms with Crippen LogP contribution >= 0.6 is 0 Å². The van der Waals surface area contributed by atoms with Crippen LogP contribution in [0.2, 0.25) is 0 Å². The summed E-state index contributed by atoms with van der Waals surface area (Å²) in [6.07, 6.45) is 1.72. The Morgan fingerprint density at radius 1 is 0.933 bits per heavy atom. The predicted octanol–water partition coefficient (Wildman–Crippen LogP) is 4.18. The second kappa shape index (κ2) is 9.59. The number of amides is 1. The Kier molecular flexibility index (Phi) is 6.90. The van der Waals surface area contributed by atoms with Crippen molar-refractivity contribution >= 4 is 21.6 Å². The van der Waals surface area contributed by atoms with E-state index in [4.69, 9.17) is 0 Å². The zero-order valence-electron chi connectivity index (χ0n) is 17.2. The van der Waals surface area contributed by atoms with Crippen LogP contribution in [0.4, 0.5) is 5.69 Å². The summed E-state index contributed by atoms with van der Waals surface area (Å²) in [6.45, 7) is 2.61. The standard InChI is InChI=1S/C24H26N2O3S/c1-19-9-6-10-20(17-19)11-8-16-25-24(27)21-12-7-13-22(18-21)26(2)30(28,29)23-14-4-3-5-15-23/h3-7,9-10,12-15,17-18H,8,11,16H2,1-2H3,(H,25,27). The van der Waals surface area contributed by atoms with Gasteiger partial charge in [0.2, 0.25) is 0 Å². The molecule has 0 saturated carbocycles. The molecule has 1 amide bonds. The minimum absolute atomic E-state index is 0.207. The molecule has 0 heterocycles. The van der Waals surface area contributed by atoms with Crippen LogP contribution in [0.1, 0.15) is 27.9 Å². The van der Waals surface area contributed by atoms with Crippen molar-refractivity contribution in [3.63, 3.8) is 0 Å². The van der Waals surface area contributed by atoms with Gasteiger partial charge in [-0.3, -0.25) is 9.10 Å². The number of nitrogens with one attached hydrogen (secondary N) is 1. The van der Waals surface area contributed by atoms with Crippen molar-refractivity contribution in [2.45, 2.75) is 24.7 Å². The van der Waals surface area contributed by atoms with Gasteiger partial charge < -0.3 is 5.32 Å². The van der Waals surface area contributed by atoms with Crippen molar-refractivity contribution in [3.8, 4) is 0 Å². The maximum absolute atomic E-state index is 12.8. The zero-order valence-corrected chi connectivity index (χ0v) is 18.0. The van der Waals surface area contributed by atoms with Gasteiger partial charge in [0.25, 0.3) is 15.9 Å². The van der Waals surface area contributed by atoms with Gasteiger partial charge in [-0.25, -0.2) is 8.42 Å². The van der Waals surface area contributed by atoms with Crippen molar-refractivity contribution < 1.29 is 13.2 Å². The summed E-state index contributed by atoms with van der Waals surface area (Å²) < 4.78 is 26.8. The first-order chi connectivity index (χ1) is 14.4. The molecule has 1 N–H and O–H groups in total. The largest absolute Gasteiger partial charge is 0.352 e. The molecule has 0 aromatic heterocycles. The molecule has 3 aromatic rings. The van der Waals surface area contributed by atoms with E-state index in [0.717, 1.165) is 12.8 Å². The van der Waals surface area contributed by atoms with Gasteiger partial charge in [0.15, 0.2) is 0 Å². The lowest BCUT2D eigenvalue weighted by Gasteiger charge is -2.20. The minimum Gasteiger partial charge on any atom is -0.352 e. The monoisotopic (exact) mass is 422 g/mol. The van der Waals surface area contributed by atoms with Gasteiger partial charge in [0, 0.05) is 19.2 Å². The van der Waals surface area contributed by atoms with E-state index < -0.39 is 10.0 Å². The summed E-state index contributed by atoms with van der Waals surface area (Å²) in [5.41, 5.74) is 3.34. The highest BCUT2D eigenvalue weighted by Gasteiger charge is 2.21. The van der Waals surface area contributed by atoms with Gasteiger partial charge >= 0.3 is 0 Å². The zero-order chi connectivity index (χ0) is 21.6. The van der Waals surface area contributed by atoms with Crippen molar-refractivity contribution in [2.24, 2.45) is 0 Å². The molecule has 0 atom stereocenters. The van der Waals surface area contributed by atoms with E-state index in [-0.39, 0.29) is 10.8 Å². The molecule has 0 aliphatic heterocycles. The van der Waals surface area contributed by atoms with E-state index in [1.54, 1.807) is 54.6 Å². The summed E-state index contributed by atoms with van der Waals surface area (Å²) in [5.74, 6) is -0.216. The number of anilines is 1. The predicted molar refractivity (Wildman–Crippen MR) is 120 cm³/mol. The Bertz CT molecular complexity index is 1110. The molecule has 0 fully saturated rings. The van der Waals surface area contributed by atoms with Crippen molar-refractivity contribution in [2.75, 3.05) is 17.9 Å². The molecule has 0 spiro atoms. The first-order valence-corrected chi connectivity index (χ1v) is 11.3. The number of nitrogens with zero attached hydrogens (tertiary/aromatic N) is 1. The molecule has 0 saturated heterocycles. The topological polar surface area (TPSA) is 66.5 Å². The van der Waals surface area contributed by atoms with E-state index in [1.165, 1.54) is 22.5 Å². The average molecular weight is 423 g/mol. The molecule has 0 aliphatic carbocycles. The molecule has 0 bridgehead atoms. The summed E-state index contributed by atoms with van der Waals surface area (Å²) in [4.78, 5) is 12.7. The number of rotatable bonds is 8. The van der Waals surface area contributed by atoms with E-state index in [0.29, 0.717) is 17.8 Å². The van der Waals surface area contributed by atoms with Crippen molar-refractivity contribution in [3.05, 3.63) is 95.6 Å². The van der Waals surface area contributed by atoms with Gasteiger partial charge in [-0.2, -0.15) is 0 Å². The number of benzene rings is 3. The van der Waals surface area contributed by atoms with Crippen molar-refractivity contribution in [1.29, 1.82) is 0 Å². The first-order valence-electron chi connectivity index (χ1n) is 9.86. The number of sulfonamides is 1. The van der Waals surface area contributed by atoms with Gasteiger partial charge in [0.1, 0.15) is 0 Å². The van der Waals surface area contributed by atoms with Crippen LogP contribution in [0.25, 0.3) is 0 Å². The second-order valence-corrected chi connectivity index (χ2v) is 9.15. The lowest BCUT2D eigenvalue weighted by Crippen LogP contribution is -2.28. The number of carbonyl (C=O) groups is 1. The van der Waals surface area contributed by atoms with Crippen LogP contribution in [-0.4, -0.2) is 27.9 Å². The molecule has 156 valence electrons. The maximum Gasteiger partial charge on any atom is 0.264 e. The van der Waals surface area contributed by atoms with Crippen LogP contribution in [0, 0.1) is 6.92 Å². The molecule has 0 aliphatic rings. The summed E-state index contributed by atoms with van der Waals surface area (Å²) in [5, 5.41) is 2.91. The summed E-state index contributed by atoms with van der Waals surface area (Å²) >= 11 is 0. The first kappa shape index (κ1) is 21.6. The molecule has 6 heteroatoms. The van der Waals surface area contributed by atoms with Crippen LogP contribution in [0.15, 0.2) is 83.8 Å². The third-order valence-corrected chi connectivity index (χ3v) is 6.68. The van der Waals surface area contributed by atoms with E-state index in [2.05, 4.69) is 30.4 Å². The van der Waals surface area contributed by atoms with Crippen LogP contribution in [-0.2, 0) is 16.4 Å². The Morgan fingerprint density at radius 3 is 2.40 bits per heavy atom. The lowest BCUT2D eigenvalue weighted by molar-refractivity contribution is 0.0953. The van der Waals surface area contributed by atoms with Gasteiger partial charge in [-0.1, -0.05) is 54.1 Å². The molecular formula is C24H26N2O3S. The molecule has 30 heavy (non-hydrogen) atoms. The van der Waals surface area contributed by atoms with E-state index >= 15 is 0 Å². The quantitative estimate of drug-likeness (QED) is 0.554. The molecule has 3 rings (SSSR count). The van der Waals surface area contributed by atoms with E-state index in [1.807, 2.05) is 6.07 Å². The van der Waals surface area contributed by atoms with Crippen LogP contribution in [0.3, 0.4) is 0 Å². The Balaban J connectivity index is 1.62. The Morgan fingerprint density at radius 2 is 1.67 bits per heavy atom. The summed E-state index contributed by atoms with van der Waals surface area (Å²) in [7, 11) is -2.20. The lowest BCUT2D eigenvalue weighted by atomic mass is 10.1. The third-order valence-electron chi connectivity index (χ3n) is 4.88. The van der Waals surface area contributed by atoms with Crippen molar-refractivity contribution in [1.82, 2.24) is 5.32 Å². The molecular weight excluding hydrogens is 396 g/mol. The second-order valence-electron chi connectivity index (χ2n) is 7.18. The molecule has 0 radical (unpaired) electrons.